The number of methoxy groups -OCH3 is 1. The van der Waals surface area contributed by atoms with E-state index in [2.05, 4.69) is 0 Å². The highest BCUT2D eigenvalue weighted by molar-refractivity contribution is 6.11. The van der Waals surface area contributed by atoms with Gasteiger partial charge in [-0.05, 0) is 90.8 Å². The number of fused-ring (bicyclic) bond motifs is 2. The zero-order valence-corrected chi connectivity index (χ0v) is 43.5. The number of Topliss-reactive ketones (excluding diaryl/α,β-unsaturated/α-hetero) is 2. The average Bonchev–Trinajstić information content (AvgIpc) is 3.32. The van der Waals surface area contributed by atoms with Crippen LogP contribution in [0.25, 0.3) is 10.8 Å². The number of aliphatic hydroxyl groups excluding tert-OH is 6. The monoisotopic (exact) mass is 1050 g/mol. The highest BCUT2D eigenvalue weighted by atomic mass is 16.7. The van der Waals surface area contributed by atoms with E-state index in [9.17, 15) is 55.5 Å². The molecule has 2 aromatic rings. The van der Waals surface area contributed by atoms with Crippen LogP contribution in [0.3, 0.4) is 0 Å². The Bertz CT molecular complexity index is 2300. The van der Waals surface area contributed by atoms with Gasteiger partial charge in [0.05, 0.1) is 77.6 Å². The molecule has 5 fully saturated rings. The molecule has 0 saturated carbocycles. The van der Waals surface area contributed by atoms with Crippen molar-refractivity contribution < 1.29 is 108 Å². The third kappa shape index (κ3) is 11.5. The van der Waals surface area contributed by atoms with E-state index >= 15 is 0 Å². The summed E-state index contributed by atoms with van der Waals surface area (Å²) in [5.74, 6) is -3.40. The van der Waals surface area contributed by atoms with Crippen LogP contribution in [0.4, 0.5) is 0 Å². The van der Waals surface area contributed by atoms with Crippen LogP contribution in [-0.2, 0) is 58.6 Å². The van der Waals surface area contributed by atoms with Gasteiger partial charge in [-0.3, -0.25) is 9.59 Å². The normalized spacial score (nSPS) is 42.9. The second-order valence-corrected chi connectivity index (χ2v) is 21.6. The van der Waals surface area contributed by atoms with Gasteiger partial charge in [0, 0.05) is 50.7 Å². The van der Waals surface area contributed by atoms with E-state index in [1.807, 2.05) is 6.92 Å². The topological polar surface area (TPSA) is 318 Å². The van der Waals surface area contributed by atoms with Crippen molar-refractivity contribution in [2.24, 2.45) is 11.8 Å². The Balaban J connectivity index is 1.03. The molecule has 24 atom stereocenters. The molecule has 0 aromatic heterocycles. The number of ketones is 2. The van der Waals surface area contributed by atoms with Crippen molar-refractivity contribution in [3.05, 3.63) is 28.8 Å². The van der Waals surface area contributed by atoms with Gasteiger partial charge in [-0.1, -0.05) is 6.92 Å². The fourth-order valence-electron chi connectivity index (χ4n) is 11.5. The van der Waals surface area contributed by atoms with Crippen molar-refractivity contribution in [1.82, 2.24) is 0 Å². The Morgan fingerprint density at radius 1 is 0.689 bits per heavy atom. The van der Waals surface area contributed by atoms with Crippen LogP contribution in [0.5, 0.6) is 17.2 Å². The van der Waals surface area contributed by atoms with Gasteiger partial charge in [0.25, 0.3) is 0 Å². The minimum absolute atomic E-state index is 0.0325. The van der Waals surface area contributed by atoms with Crippen LogP contribution in [0, 0.1) is 18.8 Å². The molecule has 0 spiro atoms. The van der Waals surface area contributed by atoms with Gasteiger partial charge >= 0.3 is 0 Å². The van der Waals surface area contributed by atoms with Gasteiger partial charge in [-0.2, -0.15) is 0 Å². The van der Waals surface area contributed by atoms with Crippen LogP contribution in [-0.4, -0.2) is 199 Å². The molecule has 6 aliphatic rings. The van der Waals surface area contributed by atoms with E-state index < -0.39 is 164 Å². The van der Waals surface area contributed by atoms with Crippen molar-refractivity contribution in [3.63, 3.8) is 0 Å². The number of carbonyl (C=O) groups excluding carboxylic acids is 2. The predicted octanol–water partition coefficient (Wildman–Crippen LogP) is 1.67. The summed E-state index contributed by atoms with van der Waals surface area (Å²) < 4.78 is 67.1. The van der Waals surface area contributed by atoms with Crippen molar-refractivity contribution in [2.75, 3.05) is 7.11 Å². The molecule has 22 nitrogen and oxygen atoms in total. The first-order chi connectivity index (χ1) is 34.8. The van der Waals surface area contributed by atoms with Gasteiger partial charge in [0.2, 0.25) is 6.29 Å². The Hall–Kier alpha value is -3.24. The van der Waals surface area contributed by atoms with Crippen molar-refractivity contribution >= 4 is 22.3 Å². The number of phenols is 2. The minimum Gasteiger partial charge on any atom is -0.507 e. The first-order valence-electron chi connectivity index (χ1n) is 25.7. The first-order valence-corrected chi connectivity index (χ1v) is 25.7. The highest BCUT2D eigenvalue weighted by Gasteiger charge is 2.51. The minimum atomic E-state index is -1.71. The largest absolute Gasteiger partial charge is 0.507 e. The molecule has 9 N–H and O–H groups in total. The summed E-state index contributed by atoms with van der Waals surface area (Å²) in [4.78, 5) is 27.7. The average molecular weight is 1050 g/mol. The smallest absolute Gasteiger partial charge is 0.202 e. The van der Waals surface area contributed by atoms with Crippen molar-refractivity contribution in [3.8, 4) is 17.2 Å². The molecular formula is C52H76O22. The van der Waals surface area contributed by atoms with E-state index in [1.54, 1.807) is 53.7 Å². The summed E-state index contributed by atoms with van der Waals surface area (Å²) in [7, 11) is 1.28. The lowest BCUT2D eigenvalue weighted by molar-refractivity contribution is -0.334. The standard InChI is InChI=1S/C52H76O22/c1-19-11-34(65-22(4)41(19)54)71-31-15-35(66-23(5)44(31)57)70-30-14-28-12-27-13-29(49(64-10)43(56)21(3)53)50(48(61)40(27)47(60)39(28)42(55)20(30)2)74-37-17-32(45(58)25(7)68-37)72-36-16-33(46(59)24(6)67-36)73-38-18-52(9,63)51(62)26(8)69-38/h12,14,19,22-26,29,31-38,41,43-46,49-51,54-60,62-63H,11,13,15-18H2,1-10H3/t19-,22?,23?,24?,25?,26?,29+,31-,32-,33-,34+,35+,36+,37+,38+,41+,43+,44-,45-,46+,49+,50+,51-,52+/m1/s1. The SMILES string of the molecule is CO[C@@H]([C@@H]1Cc2cc3cc(O[C@H]4C[C@@H](O[C@H]5C[C@@H](C)[C@H](O)C(C)O5)[C@H](O)C(C)O4)c(C)c(O)c3c(O)c2C(=O)[C@H]1O[C@H]1C[C@@H](O[C@H]2C[C@@H](O[C@H]3C[C@](C)(O)[C@H](O)C(C)O3)[C@@H](O)C(C)O2)[C@H](O)C(C)O1)[C@@H](O)C(C)=O. The molecule has 22 heteroatoms. The number of ether oxygens (including phenoxy) is 11. The van der Waals surface area contributed by atoms with Gasteiger partial charge in [-0.25, -0.2) is 0 Å². The fourth-order valence-corrected chi connectivity index (χ4v) is 11.5. The maximum Gasteiger partial charge on any atom is 0.202 e. The Morgan fingerprint density at radius 2 is 1.18 bits per heavy atom. The predicted molar refractivity (Wildman–Crippen MR) is 256 cm³/mol. The molecule has 2 aromatic carbocycles. The van der Waals surface area contributed by atoms with Crippen LogP contribution in [0.2, 0.25) is 0 Å². The number of hydrogen-bond acceptors (Lipinski definition) is 22. The summed E-state index contributed by atoms with van der Waals surface area (Å²) in [6, 6.07) is 3.16. The third-order valence-electron chi connectivity index (χ3n) is 16.0. The van der Waals surface area contributed by atoms with Crippen molar-refractivity contribution in [1.29, 1.82) is 0 Å². The number of rotatable bonds is 14. The van der Waals surface area contributed by atoms with E-state index in [4.69, 9.17) is 52.1 Å². The Kier molecular flexibility index (Phi) is 17.4. The number of hydrogen-bond donors (Lipinski definition) is 9. The molecule has 5 saturated heterocycles. The number of aliphatic hydroxyl groups is 7. The van der Waals surface area contributed by atoms with Crippen LogP contribution in [0.15, 0.2) is 12.1 Å². The summed E-state index contributed by atoms with van der Waals surface area (Å²) >= 11 is 0. The molecule has 0 bridgehead atoms. The van der Waals surface area contributed by atoms with E-state index in [0.29, 0.717) is 6.42 Å². The van der Waals surface area contributed by atoms with E-state index in [-0.39, 0.29) is 71.2 Å². The molecule has 5 aliphatic heterocycles. The molecular weight excluding hydrogens is 977 g/mol. The third-order valence-corrected chi connectivity index (χ3v) is 16.0. The number of benzene rings is 2. The maximum atomic E-state index is 15.0. The molecule has 74 heavy (non-hydrogen) atoms. The van der Waals surface area contributed by atoms with Crippen LogP contribution in [0.1, 0.15) is 109 Å². The summed E-state index contributed by atoms with van der Waals surface area (Å²) in [5, 5.41) is 100. The molecule has 0 amide bonds. The molecule has 416 valence electrons. The van der Waals surface area contributed by atoms with Crippen LogP contribution >= 0.6 is 0 Å². The van der Waals surface area contributed by atoms with Gasteiger partial charge in [0.1, 0.15) is 53.9 Å². The zero-order valence-electron chi connectivity index (χ0n) is 43.5. The molecule has 5 unspecified atom stereocenters. The summed E-state index contributed by atoms with van der Waals surface area (Å²) in [6.07, 6.45) is -21.2. The Labute approximate surface area is 429 Å². The van der Waals surface area contributed by atoms with Gasteiger partial charge in [-0.15, -0.1) is 0 Å². The molecule has 8 rings (SSSR count). The number of carbonyl (C=O) groups is 2. The second kappa shape index (κ2) is 22.6. The van der Waals surface area contributed by atoms with E-state index in [0.717, 1.165) is 0 Å². The fraction of sp³-hybridized carbons (Fsp3) is 0.769. The number of phenolic OH excluding ortho intramolecular Hbond substituents is 2. The second-order valence-electron chi connectivity index (χ2n) is 21.6. The first kappa shape index (κ1) is 56.9. The van der Waals surface area contributed by atoms with Gasteiger partial charge < -0.3 is 98.1 Å². The molecule has 0 radical (unpaired) electrons. The lowest BCUT2D eigenvalue weighted by atomic mass is 9.75. The van der Waals surface area contributed by atoms with E-state index in [1.165, 1.54) is 21.0 Å². The maximum absolute atomic E-state index is 15.0. The summed E-state index contributed by atoms with van der Waals surface area (Å²) in [6.45, 7) is 14.3. The zero-order chi connectivity index (χ0) is 54.0. The van der Waals surface area contributed by atoms with Crippen molar-refractivity contribution in [2.45, 2.75) is 236 Å². The molecule has 1 aliphatic carbocycles. The Morgan fingerprint density at radius 3 is 1.70 bits per heavy atom. The lowest BCUT2D eigenvalue weighted by Crippen LogP contribution is -2.58. The van der Waals surface area contributed by atoms with Crippen LogP contribution < -0.4 is 4.74 Å². The van der Waals surface area contributed by atoms with Gasteiger partial charge in [0.15, 0.2) is 36.7 Å². The lowest BCUT2D eigenvalue weighted by Gasteiger charge is -2.46. The summed E-state index contributed by atoms with van der Waals surface area (Å²) in [5.41, 5.74) is -1.23. The quantitative estimate of drug-likeness (QED) is 0.130. The highest BCUT2D eigenvalue weighted by Crippen LogP contribution is 2.48. The molecule has 5 heterocycles. The number of aromatic hydroxyl groups is 2.